The number of hydrogen-bond acceptors (Lipinski definition) is 4. The highest BCUT2D eigenvalue weighted by Crippen LogP contribution is 2.37. The number of rotatable bonds is 11. The van der Waals surface area contributed by atoms with E-state index in [-0.39, 0.29) is 16.9 Å². The van der Waals surface area contributed by atoms with Gasteiger partial charge in [-0.1, -0.05) is 13.8 Å². The van der Waals surface area contributed by atoms with Gasteiger partial charge in [-0.3, -0.25) is 4.79 Å². The summed E-state index contributed by atoms with van der Waals surface area (Å²) in [6.45, 7) is 5.39. The maximum atomic E-state index is 14.3. The van der Waals surface area contributed by atoms with Crippen molar-refractivity contribution in [3.63, 3.8) is 0 Å². The number of hydrogen-bond donors (Lipinski definition) is 3. The molecule has 2 aromatic rings. The van der Waals surface area contributed by atoms with Crippen LogP contribution in [0.1, 0.15) is 31.4 Å². The summed E-state index contributed by atoms with van der Waals surface area (Å²) in [6, 6.07) is 8.07. The van der Waals surface area contributed by atoms with E-state index in [9.17, 15) is 22.4 Å². The number of halogens is 4. The lowest BCUT2D eigenvalue weighted by Crippen LogP contribution is -2.26. The summed E-state index contributed by atoms with van der Waals surface area (Å²) >= 11 is 0. The minimum atomic E-state index is -3.67. The zero-order valence-corrected chi connectivity index (χ0v) is 18.7. The van der Waals surface area contributed by atoms with E-state index in [1.165, 1.54) is 30.5 Å². The largest absolute Gasteiger partial charge is 0.385 e. The molecule has 1 heterocycles. The van der Waals surface area contributed by atoms with Crippen molar-refractivity contribution in [2.75, 3.05) is 48.8 Å². The van der Waals surface area contributed by atoms with Gasteiger partial charge in [-0.25, -0.2) is 8.78 Å². The van der Waals surface area contributed by atoms with Gasteiger partial charge in [-0.15, -0.1) is 0 Å². The highest BCUT2D eigenvalue weighted by Gasteiger charge is 2.34. The number of fused-ring (bicyclic) bond motifs is 1. The predicted octanol–water partition coefficient (Wildman–Crippen LogP) is 5.44. The van der Waals surface area contributed by atoms with Crippen molar-refractivity contribution in [2.24, 2.45) is 0 Å². The van der Waals surface area contributed by atoms with E-state index in [4.69, 9.17) is 0 Å². The third-order valence-corrected chi connectivity index (χ3v) is 5.59. The second-order valence-corrected chi connectivity index (χ2v) is 7.75. The Bertz CT molecular complexity index is 1020. The Morgan fingerprint density at radius 2 is 1.88 bits per heavy atom. The lowest BCUT2D eigenvalue weighted by molar-refractivity contribution is -0.110. The summed E-state index contributed by atoms with van der Waals surface area (Å²) in [7, 11) is 0. The molecule has 0 fully saturated rings. The van der Waals surface area contributed by atoms with Crippen molar-refractivity contribution in [2.45, 2.75) is 26.2 Å². The van der Waals surface area contributed by atoms with Crippen molar-refractivity contribution in [1.82, 2.24) is 4.90 Å². The van der Waals surface area contributed by atoms with E-state index in [2.05, 4.69) is 34.7 Å². The number of benzene rings is 2. The molecular weight excluding hydrogens is 436 g/mol. The highest BCUT2D eigenvalue weighted by atomic mass is 19.3. The molecule has 0 unspecified atom stereocenters. The van der Waals surface area contributed by atoms with Crippen molar-refractivity contribution < 1.29 is 22.4 Å². The van der Waals surface area contributed by atoms with Crippen LogP contribution in [-0.2, 0) is 10.7 Å². The molecule has 0 spiro atoms. The van der Waals surface area contributed by atoms with Crippen molar-refractivity contribution in [3.05, 3.63) is 59.5 Å². The fraction of sp³-hybridized carbons (Fsp3) is 0.375. The predicted molar refractivity (Wildman–Crippen MR) is 124 cm³/mol. The van der Waals surface area contributed by atoms with Crippen molar-refractivity contribution in [1.29, 1.82) is 0 Å². The Hall–Kier alpha value is -3.07. The van der Waals surface area contributed by atoms with Gasteiger partial charge < -0.3 is 20.9 Å². The van der Waals surface area contributed by atoms with Crippen LogP contribution in [0.25, 0.3) is 5.57 Å². The molecule has 0 aromatic heterocycles. The second-order valence-electron chi connectivity index (χ2n) is 7.75. The maximum absolute atomic E-state index is 14.3. The van der Waals surface area contributed by atoms with Gasteiger partial charge in [-0.05, 0) is 62.5 Å². The number of nitrogens with one attached hydrogen (secondary N) is 3. The average molecular weight is 465 g/mol. The van der Waals surface area contributed by atoms with Gasteiger partial charge in [0.1, 0.15) is 5.82 Å². The third-order valence-electron chi connectivity index (χ3n) is 5.59. The lowest BCUT2D eigenvalue weighted by atomic mass is 10.0. The molecule has 1 aliphatic heterocycles. The van der Waals surface area contributed by atoms with Gasteiger partial charge in [0.2, 0.25) is 0 Å². The Morgan fingerprint density at radius 3 is 2.58 bits per heavy atom. The lowest BCUT2D eigenvalue weighted by Gasteiger charge is -2.21. The van der Waals surface area contributed by atoms with E-state index in [0.717, 1.165) is 32.1 Å². The minimum Gasteiger partial charge on any atom is -0.385 e. The van der Waals surface area contributed by atoms with Crippen LogP contribution in [0, 0.1) is 5.82 Å². The summed E-state index contributed by atoms with van der Waals surface area (Å²) in [4.78, 5) is 14.4. The van der Waals surface area contributed by atoms with Crippen LogP contribution in [0.15, 0.2) is 42.6 Å². The molecule has 0 atom stereocenters. The number of carbonyl (C=O) groups is 1. The molecule has 3 N–H and O–H groups in total. The summed E-state index contributed by atoms with van der Waals surface area (Å²) in [5.74, 6) is -4.62. The number of amides is 1. The minimum absolute atomic E-state index is 0.154. The van der Waals surface area contributed by atoms with Crippen LogP contribution in [0.4, 0.5) is 34.6 Å². The number of alkyl halides is 3. The van der Waals surface area contributed by atoms with Crippen LogP contribution in [0.3, 0.4) is 0 Å². The van der Waals surface area contributed by atoms with Gasteiger partial charge in [0.05, 0.1) is 5.57 Å². The smallest absolute Gasteiger partial charge is 0.303 e. The quantitative estimate of drug-likeness (QED) is 0.236. The van der Waals surface area contributed by atoms with Gasteiger partial charge in [0.25, 0.3) is 5.91 Å². The monoisotopic (exact) mass is 464 g/mol. The fourth-order valence-corrected chi connectivity index (χ4v) is 3.69. The first-order chi connectivity index (χ1) is 15.8. The van der Waals surface area contributed by atoms with Gasteiger partial charge in [0.15, 0.2) is 6.67 Å². The van der Waals surface area contributed by atoms with Crippen LogP contribution >= 0.6 is 0 Å². The molecule has 0 bridgehead atoms. The standard InChI is InChI=1S/C24H28F4N4O/c1-3-32(4-2)11-5-10-29-22-9-7-17(13-20(22)24(27,28)15-25)30-14-19-18-12-16(26)6-8-21(18)31-23(19)33/h6-9,12-14,29-30H,3-5,10-11,15H2,1-2H3,(H,31,33)/b19-14-. The molecule has 33 heavy (non-hydrogen) atoms. The SMILES string of the molecule is CCN(CC)CCCNc1ccc(N/C=C2\C(=O)Nc3ccc(F)cc32)cc1C(F)(F)CF. The summed E-state index contributed by atoms with van der Waals surface area (Å²) < 4.78 is 55.4. The van der Waals surface area contributed by atoms with E-state index >= 15 is 0 Å². The average Bonchev–Trinajstić information content (AvgIpc) is 3.12. The zero-order valence-electron chi connectivity index (χ0n) is 18.7. The third kappa shape index (κ3) is 5.84. The summed E-state index contributed by atoms with van der Waals surface area (Å²) in [6.07, 6.45) is 2.07. The first-order valence-electron chi connectivity index (χ1n) is 10.9. The molecule has 1 amide bonds. The Balaban J connectivity index is 1.78. The highest BCUT2D eigenvalue weighted by molar-refractivity contribution is 6.31. The summed E-state index contributed by atoms with van der Waals surface area (Å²) in [5, 5.41) is 8.40. The molecule has 0 saturated carbocycles. The number of anilines is 3. The molecule has 5 nitrogen and oxygen atoms in total. The Morgan fingerprint density at radius 1 is 1.12 bits per heavy atom. The molecule has 3 rings (SSSR count). The molecule has 2 aromatic carbocycles. The van der Waals surface area contributed by atoms with E-state index in [1.54, 1.807) is 6.07 Å². The molecule has 1 aliphatic rings. The van der Waals surface area contributed by atoms with E-state index in [0.29, 0.717) is 17.8 Å². The van der Waals surface area contributed by atoms with Gasteiger partial charge >= 0.3 is 5.92 Å². The zero-order chi connectivity index (χ0) is 24.0. The van der Waals surface area contributed by atoms with Crippen LogP contribution in [-0.4, -0.2) is 43.7 Å². The molecular formula is C24H28F4N4O. The number of carbonyl (C=O) groups excluding carboxylic acids is 1. The molecule has 178 valence electrons. The Labute approximate surface area is 190 Å². The van der Waals surface area contributed by atoms with Crippen molar-refractivity contribution >= 4 is 28.5 Å². The summed E-state index contributed by atoms with van der Waals surface area (Å²) in [5.41, 5.74) is 0.926. The topological polar surface area (TPSA) is 56.4 Å². The van der Waals surface area contributed by atoms with Crippen LogP contribution < -0.4 is 16.0 Å². The first kappa shape index (κ1) is 24.6. The van der Waals surface area contributed by atoms with Crippen LogP contribution in [0.2, 0.25) is 0 Å². The number of nitrogens with zero attached hydrogens (tertiary/aromatic N) is 1. The molecule has 0 saturated heterocycles. The molecule has 9 heteroatoms. The molecule has 0 radical (unpaired) electrons. The maximum Gasteiger partial charge on any atom is 0.303 e. The second kappa shape index (κ2) is 10.7. The first-order valence-corrected chi connectivity index (χ1v) is 10.9. The molecule has 0 aliphatic carbocycles. The van der Waals surface area contributed by atoms with Crippen molar-refractivity contribution in [3.8, 4) is 0 Å². The van der Waals surface area contributed by atoms with Crippen LogP contribution in [0.5, 0.6) is 0 Å². The normalized spacial score (nSPS) is 14.5. The fourth-order valence-electron chi connectivity index (χ4n) is 3.69. The Kier molecular flexibility index (Phi) is 7.97. The van der Waals surface area contributed by atoms with Gasteiger partial charge in [0, 0.05) is 40.9 Å². The van der Waals surface area contributed by atoms with Gasteiger partial charge in [-0.2, -0.15) is 8.78 Å². The van der Waals surface area contributed by atoms with E-state index in [1.807, 2.05) is 0 Å². The van der Waals surface area contributed by atoms with E-state index < -0.39 is 29.9 Å².